The third kappa shape index (κ3) is 3.66. The largest absolute Gasteiger partial charge is 0.477 e. The fourth-order valence-electron chi connectivity index (χ4n) is 2.41. The van der Waals surface area contributed by atoms with Crippen LogP contribution in [0.1, 0.15) is 23.3 Å². The topological polar surface area (TPSA) is 106 Å². The first kappa shape index (κ1) is 15.2. The molecule has 0 bridgehead atoms. The molecule has 0 radical (unpaired) electrons. The Kier molecular flexibility index (Phi) is 4.69. The van der Waals surface area contributed by atoms with Gasteiger partial charge in [0.1, 0.15) is 0 Å². The molecule has 0 amide bonds. The maximum Gasteiger partial charge on any atom is 0.354 e. The summed E-state index contributed by atoms with van der Waals surface area (Å²) >= 11 is 0. The lowest BCUT2D eigenvalue weighted by atomic mass is 10.0. The van der Waals surface area contributed by atoms with E-state index in [0.29, 0.717) is 13.2 Å². The molecule has 1 aliphatic rings. The maximum absolute atomic E-state index is 11.1. The highest BCUT2D eigenvalue weighted by molar-refractivity contribution is 5.86. The van der Waals surface area contributed by atoms with Crippen LogP contribution >= 0.6 is 0 Å². The molecule has 21 heavy (non-hydrogen) atoms. The number of aromatic nitrogens is 1. The van der Waals surface area contributed by atoms with Gasteiger partial charge in [-0.05, 0) is 24.8 Å². The summed E-state index contributed by atoms with van der Waals surface area (Å²) in [5.41, 5.74) is -0.401. The molecule has 114 valence electrons. The van der Waals surface area contributed by atoms with Gasteiger partial charge in [-0.2, -0.15) is 0 Å². The first-order chi connectivity index (χ1) is 9.99. The number of aromatic carboxylic acids is 1. The van der Waals surface area contributed by atoms with Gasteiger partial charge in [-0.25, -0.2) is 9.78 Å². The number of anilines is 1. The third-order valence-corrected chi connectivity index (χ3v) is 3.42. The minimum atomic E-state index is -1.21. The van der Waals surface area contributed by atoms with Crippen LogP contribution in [0.25, 0.3) is 0 Å². The molecular weight excluding hydrogens is 278 g/mol. The van der Waals surface area contributed by atoms with Crippen molar-refractivity contribution in [2.45, 2.75) is 12.8 Å². The molecule has 1 aromatic rings. The van der Waals surface area contributed by atoms with Crippen molar-refractivity contribution in [1.29, 1.82) is 0 Å². The van der Waals surface area contributed by atoms with Crippen molar-refractivity contribution in [2.24, 2.45) is 5.92 Å². The van der Waals surface area contributed by atoms with Crippen LogP contribution in [0.2, 0.25) is 0 Å². The van der Waals surface area contributed by atoms with Gasteiger partial charge in [0.15, 0.2) is 5.69 Å². The molecule has 2 heterocycles. The Morgan fingerprint density at radius 1 is 1.62 bits per heavy atom. The molecule has 8 heteroatoms. The Morgan fingerprint density at radius 3 is 2.95 bits per heavy atom. The summed E-state index contributed by atoms with van der Waals surface area (Å²) in [5.74, 6) is -0.871. The predicted molar refractivity (Wildman–Crippen MR) is 74.7 cm³/mol. The van der Waals surface area contributed by atoms with Gasteiger partial charge in [0, 0.05) is 26.3 Å². The highest BCUT2D eigenvalue weighted by atomic mass is 16.6. The van der Waals surface area contributed by atoms with Crippen LogP contribution in [0.4, 0.5) is 11.5 Å². The highest BCUT2D eigenvalue weighted by Gasteiger charge is 2.24. The van der Waals surface area contributed by atoms with E-state index in [-0.39, 0.29) is 23.1 Å². The molecular formula is C13H17N3O5. The van der Waals surface area contributed by atoms with Crippen LogP contribution in [-0.4, -0.2) is 47.8 Å². The normalized spacial score (nSPS) is 18.2. The summed E-state index contributed by atoms with van der Waals surface area (Å²) in [4.78, 5) is 27.0. The molecule has 1 fully saturated rings. The van der Waals surface area contributed by atoms with Crippen LogP contribution in [0.15, 0.2) is 12.1 Å². The lowest BCUT2D eigenvalue weighted by Gasteiger charge is -2.27. The van der Waals surface area contributed by atoms with Crippen molar-refractivity contribution in [3.05, 3.63) is 27.9 Å². The lowest BCUT2D eigenvalue weighted by Crippen LogP contribution is -2.32. The van der Waals surface area contributed by atoms with Crippen LogP contribution < -0.4 is 4.90 Å². The summed E-state index contributed by atoms with van der Waals surface area (Å²) < 4.78 is 5.38. The van der Waals surface area contributed by atoms with Crippen LogP contribution in [0.3, 0.4) is 0 Å². The molecule has 1 N–H and O–H groups in total. The van der Waals surface area contributed by atoms with E-state index < -0.39 is 10.9 Å². The van der Waals surface area contributed by atoms with Gasteiger partial charge >= 0.3 is 11.7 Å². The van der Waals surface area contributed by atoms with Gasteiger partial charge in [0.25, 0.3) is 0 Å². The number of hydrogen-bond acceptors (Lipinski definition) is 6. The second kappa shape index (κ2) is 6.49. The van der Waals surface area contributed by atoms with E-state index in [4.69, 9.17) is 9.84 Å². The average molecular weight is 295 g/mol. The number of hydrogen-bond donors (Lipinski definition) is 1. The SMILES string of the molecule is CN(CC1CCCOC1)c1nc(C(=O)O)ccc1[N+](=O)[O-]. The van der Waals surface area contributed by atoms with Crippen molar-refractivity contribution in [3.63, 3.8) is 0 Å². The first-order valence-electron chi connectivity index (χ1n) is 6.66. The second-order valence-corrected chi connectivity index (χ2v) is 5.07. The van der Waals surface area contributed by atoms with Gasteiger partial charge in [-0.3, -0.25) is 10.1 Å². The van der Waals surface area contributed by atoms with Crippen molar-refractivity contribution >= 4 is 17.5 Å². The molecule has 8 nitrogen and oxygen atoms in total. The van der Waals surface area contributed by atoms with E-state index in [1.165, 1.54) is 6.07 Å². The molecule has 1 aromatic heterocycles. The summed E-state index contributed by atoms with van der Waals surface area (Å²) in [6.45, 7) is 1.89. The Bertz CT molecular complexity index is 543. The minimum Gasteiger partial charge on any atom is -0.477 e. The zero-order valence-corrected chi connectivity index (χ0v) is 11.7. The van der Waals surface area contributed by atoms with E-state index in [9.17, 15) is 14.9 Å². The van der Waals surface area contributed by atoms with Gasteiger partial charge in [-0.1, -0.05) is 0 Å². The fraction of sp³-hybridized carbons (Fsp3) is 0.538. The smallest absolute Gasteiger partial charge is 0.354 e. The maximum atomic E-state index is 11.1. The number of pyridine rings is 1. The van der Waals surface area contributed by atoms with Crippen LogP contribution in [0, 0.1) is 16.0 Å². The summed E-state index contributed by atoms with van der Waals surface area (Å²) in [5, 5.41) is 20.0. The lowest BCUT2D eigenvalue weighted by molar-refractivity contribution is -0.384. The van der Waals surface area contributed by atoms with Gasteiger partial charge in [-0.15, -0.1) is 0 Å². The zero-order chi connectivity index (χ0) is 15.4. The van der Waals surface area contributed by atoms with Crippen LogP contribution in [0.5, 0.6) is 0 Å². The Balaban J connectivity index is 2.23. The molecule has 1 unspecified atom stereocenters. The number of nitro groups is 1. The molecule has 1 aliphatic heterocycles. The van der Waals surface area contributed by atoms with Gasteiger partial charge in [0.05, 0.1) is 11.5 Å². The van der Waals surface area contributed by atoms with Crippen molar-refractivity contribution in [1.82, 2.24) is 4.98 Å². The Hall–Kier alpha value is -2.22. The zero-order valence-electron chi connectivity index (χ0n) is 11.7. The fourth-order valence-corrected chi connectivity index (χ4v) is 2.41. The molecule has 0 saturated carbocycles. The molecule has 2 rings (SSSR count). The molecule has 0 aromatic carbocycles. The van der Waals surface area contributed by atoms with E-state index in [1.807, 2.05) is 0 Å². The standard InChI is InChI=1S/C13H17N3O5/c1-15(7-9-3-2-6-21-8-9)12-11(16(19)20)5-4-10(14-12)13(17)18/h4-5,9H,2-3,6-8H2,1H3,(H,17,18). The summed E-state index contributed by atoms with van der Waals surface area (Å²) in [7, 11) is 1.68. The number of nitrogens with zero attached hydrogens (tertiary/aromatic N) is 3. The number of ether oxygens (including phenoxy) is 1. The Labute approximate surface area is 121 Å². The summed E-state index contributed by atoms with van der Waals surface area (Å²) in [6, 6.07) is 2.32. The third-order valence-electron chi connectivity index (χ3n) is 3.42. The second-order valence-electron chi connectivity index (χ2n) is 5.07. The molecule has 1 atom stereocenters. The molecule has 0 spiro atoms. The predicted octanol–water partition coefficient (Wildman–Crippen LogP) is 1.55. The number of carboxylic acids is 1. The van der Waals surface area contributed by atoms with E-state index >= 15 is 0 Å². The van der Waals surface area contributed by atoms with E-state index in [2.05, 4.69) is 4.98 Å². The summed E-state index contributed by atoms with van der Waals surface area (Å²) in [6.07, 6.45) is 1.94. The highest BCUT2D eigenvalue weighted by Crippen LogP contribution is 2.27. The average Bonchev–Trinajstić information content (AvgIpc) is 2.47. The van der Waals surface area contributed by atoms with Crippen molar-refractivity contribution in [3.8, 4) is 0 Å². The van der Waals surface area contributed by atoms with Gasteiger partial charge < -0.3 is 14.7 Å². The minimum absolute atomic E-state index is 0.0745. The van der Waals surface area contributed by atoms with Crippen molar-refractivity contribution < 1.29 is 19.6 Å². The number of carboxylic acid groups (broad SMARTS) is 1. The molecule has 1 saturated heterocycles. The number of rotatable bonds is 5. The van der Waals surface area contributed by atoms with Crippen LogP contribution in [-0.2, 0) is 4.74 Å². The van der Waals surface area contributed by atoms with Gasteiger partial charge in [0.2, 0.25) is 5.82 Å². The monoisotopic (exact) mass is 295 g/mol. The first-order valence-corrected chi connectivity index (χ1v) is 6.66. The number of carbonyl (C=O) groups is 1. The van der Waals surface area contributed by atoms with E-state index in [1.54, 1.807) is 11.9 Å². The van der Waals surface area contributed by atoms with E-state index in [0.717, 1.165) is 25.5 Å². The quantitative estimate of drug-likeness (QED) is 0.648. The molecule has 0 aliphatic carbocycles. The van der Waals surface area contributed by atoms with Crippen molar-refractivity contribution in [2.75, 3.05) is 31.7 Å². The Morgan fingerprint density at radius 2 is 2.38 bits per heavy atom.